The quantitative estimate of drug-likeness (QED) is 0.314. The summed E-state index contributed by atoms with van der Waals surface area (Å²) in [4.78, 5) is 0. The van der Waals surface area contributed by atoms with Crippen molar-refractivity contribution in [2.45, 2.75) is 32.6 Å². The molecule has 1 nitrogen and oxygen atoms in total. The van der Waals surface area contributed by atoms with Gasteiger partial charge in [0.25, 0.3) is 0 Å². The normalized spacial score (nSPS) is 22.8. The molecule has 144 valence electrons. The summed E-state index contributed by atoms with van der Waals surface area (Å²) in [7, 11) is 0. The third-order valence-electron chi connectivity index (χ3n) is 7.40. The van der Waals surface area contributed by atoms with Crippen LogP contribution in [0.2, 0.25) is 0 Å². The zero-order valence-corrected chi connectivity index (χ0v) is 17.3. The van der Waals surface area contributed by atoms with E-state index in [1.807, 2.05) is 0 Å². The van der Waals surface area contributed by atoms with Crippen LogP contribution >= 0.6 is 0 Å². The van der Waals surface area contributed by atoms with Gasteiger partial charge >= 0.3 is 0 Å². The van der Waals surface area contributed by atoms with Gasteiger partial charge in [-0.25, -0.2) is 0 Å². The van der Waals surface area contributed by atoms with Gasteiger partial charge in [-0.15, -0.1) is 0 Å². The average molecular weight is 379 g/mol. The molecule has 2 aliphatic rings. The monoisotopic (exact) mass is 378 g/mol. The third kappa shape index (κ3) is 2.22. The lowest BCUT2D eigenvalue weighted by molar-refractivity contribution is 0.194. The zero-order valence-electron chi connectivity index (χ0n) is 17.3. The van der Waals surface area contributed by atoms with Crippen LogP contribution in [-0.2, 0) is 5.41 Å². The summed E-state index contributed by atoms with van der Waals surface area (Å²) in [5.41, 5.74) is 4.55. The minimum absolute atomic E-state index is 0.201. The Kier molecular flexibility index (Phi) is 3.32. The second-order valence-corrected chi connectivity index (χ2v) is 9.81. The summed E-state index contributed by atoms with van der Waals surface area (Å²) in [6.07, 6.45) is 1.23. The molecule has 1 heteroatoms. The maximum Gasteiger partial charge on any atom is 0.123 e. The van der Waals surface area contributed by atoms with Crippen LogP contribution in [0.5, 0.6) is 5.75 Å². The molecule has 0 bridgehead atoms. The Balaban J connectivity index is 1.77. The standard InChI is InChI=1S/C28H26O/c1-27(2,3)28-16-20(28)17-29-24-14-8-13-23(26(24)28)25-21-11-6-4-9-18(21)15-19-10-5-7-12-22(19)25/h4-15,20H,16-17H2,1-3H3. The Hall–Kier alpha value is -2.80. The van der Waals surface area contributed by atoms with E-state index in [1.165, 1.54) is 44.7 Å². The molecule has 6 rings (SSSR count). The van der Waals surface area contributed by atoms with Gasteiger partial charge in [0.1, 0.15) is 5.75 Å². The Morgan fingerprint density at radius 2 is 1.48 bits per heavy atom. The fourth-order valence-electron chi connectivity index (χ4n) is 5.94. The lowest BCUT2D eigenvalue weighted by Crippen LogP contribution is -2.33. The molecule has 1 heterocycles. The highest BCUT2D eigenvalue weighted by Crippen LogP contribution is 2.69. The van der Waals surface area contributed by atoms with Crippen molar-refractivity contribution in [2.75, 3.05) is 6.61 Å². The van der Waals surface area contributed by atoms with E-state index in [9.17, 15) is 0 Å². The van der Waals surface area contributed by atoms with Gasteiger partial charge in [0.15, 0.2) is 0 Å². The molecule has 0 radical (unpaired) electrons. The predicted molar refractivity (Wildman–Crippen MR) is 122 cm³/mol. The fraction of sp³-hybridized carbons (Fsp3) is 0.286. The van der Waals surface area contributed by atoms with E-state index >= 15 is 0 Å². The second kappa shape index (κ2) is 5.63. The van der Waals surface area contributed by atoms with Gasteiger partial charge in [-0.2, -0.15) is 0 Å². The van der Waals surface area contributed by atoms with Crippen molar-refractivity contribution in [2.24, 2.45) is 11.3 Å². The first-order valence-corrected chi connectivity index (χ1v) is 10.7. The van der Waals surface area contributed by atoms with Gasteiger partial charge in [0, 0.05) is 16.9 Å². The third-order valence-corrected chi connectivity index (χ3v) is 7.40. The van der Waals surface area contributed by atoms with Gasteiger partial charge in [0.2, 0.25) is 0 Å². The molecular formula is C28H26O. The topological polar surface area (TPSA) is 9.23 Å². The van der Waals surface area contributed by atoms with E-state index in [0.29, 0.717) is 5.92 Å². The molecule has 4 aromatic carbocycles. The maximum absolute atomic E-state index is 6.28. The minimum Gasteiger partial charge on any atom is -0.493 e. The molecule has 2 unspecified atom stereocenters. The number of hydrogen-bond acceptors (Lipinski definition) is 1. The summed E-state index contributed by atoms with van der Waals surface area (Å²) >= 11 is 0. The van der Waals surface area contributed by atoms with Crippen molar-refractivity contribution in [3.63, 3.8) is 0 Å². The molecule has 1 aliphatic heterocycles. The van der Waals surface area contributed by atoms with Crippen molar-refractivity contribution >= 4 is 21.5 Å². The summed E-state index contributed by atoms with van der Waals surface area (Å²) in [5.74, 6) is 1.71. The number of fused-ring (bicyclic) bond motifs is 5. The molecule has 0 N–H and O–H groups in total. The summed E-state index contributed by atoms with van der Waals surface area (Å²) in [6.45, 7) is 8.06. The average Bonchev–Trinajstić information content (AvgIpc) is 3.48. The van der Waals surface area contributed by atoms with Gasteiger partial charge in [-0.1, -0.05) is 81.4 Å². The van der Waals surface area contributed by atoms with Gasteiger partial charge in [-0.3, -0.25) is 0 Å². The molecule has 2 atom stereocenters. The zero-order chi connectivity index (χ0) is 19.8. The lowest BCUT2D eigenvalue weighted by atomic mass is 9.68. The van der Waals surface area contributed by atoms with E-state index in [-0.39, 0.29) is 10.8 Å². The number of rotatable bonds is 1. The lowest BCUT2D eigenvalue weighted by Gasteiger charge is -2.38. The van der Waals surface area contributed by atoms with Crippen LogP contribution in [0.1, 0.15) is 32.8 Å². The Morgan fingerprint density at radius 1 is 0.828 bits per heavy atom. The van der Waals surface area contributed by atoms with E-state index < -0.39 is 0 Å². The van der Waals surface area contributed by atoms with Crippen molar-refractivity contribution in [1.82, 2.24) is 0 Å². The smallest absolute Gasteiger partial charge is 0.123 e. The van der Waals surface area contributed by atoms with Crippen LogP contribution in [0.3, 0.4) is 0 Å². The van der Waals surface area contributed by atoms with Crippen LogP contribution in [-0.4, -0.2) is 6.61 Å². The van der Waals surface area contributed by atoms with Gasteiger partial charge in [-0.05, 0) is 56.6 Å². The van der Waals surface area contributed by atoms with Crippen molar-refractivity contribution in [3.8, 4) is 16.9 Å². The molecule has 0 amide bonds. The summed E-state index contributed by atoms with van der Waals surface area (Å²) < 4.78 is 6.28. The molecule has 1 saturated carbocycles. The van der Waals surface area contributed by atoms with E-state index in [2.05, 4.69) is 93.6 Å². The minimum atomic E-state index is 0.201. The molecule has 0 spiro atoms. The first-order valence-electron chi connectivity index (χ1n) is 10.7. The van der Waals surface area contributed by atoms with Gasteiger partial charge < -0.3 is 4.74 Å². The van der Waals surface area contributed by atoms with E-state index in [1.54, 1.807) is 0 Å². The van der Waals surface area contributed by atoms with Gasteiger partial charge in [0.05, 0.1) is 6.61 Å². The number of hydrogen-bond donors (Lipinski definition) is 0. The molecule has 1 fully saturated rings. The maximum atomic E-state index is 6.28. The van der Waals surface area contributed by atoms with Crippen LogP contribution in [0.15, 0.2) is 72.8 Å². The first kappa shape index (κ1) is 17.1. The molecular weight excluding hydrogens is 352 g/mol. The molecule has 29 heavy (non-hydrogen) atoms. The predicted octanol–water partition coefficient (Wildman–Crippen LogP) is 7.36. The largest absolute Gasteiger partial charge is 0.493 e. The van der Waals surface area contributed by atoms with Crippen LogP contribution in [0.25, 0.3) is 32.7 Å². The Labute approximate surface area is 172 Å². The van der Waals surface area contributed by atoms with E-state index in [4.69, 9.17) is 4.74 Å². The highest BCUT2D eigenvalue weighted by atomic mass is 16.5. The van der Waals surface area contributed by atoms with Crippen molar-refractivity contribution < 1.29 is 4.74 Å². The molecule has 1 aliphatic carbocycles. The summed E-state index contributed by atoms with van der Waals surface area (Å²) in [5, 5.41) is 5.25. The SMILES string of the molecule is CC(C)(C)C12CC1COc1cccc(-c3c4ccccc4cc4ccccc34)c12. The first-order chi connectivity index (χ1) is 14.0. The van der Waals surface area contributed by atoms with Crippen LogP contribution in [0.4, 0.5) is 0 Å². The van der Waals surface area contributed by atoms with Crippen LogP contribution < -0.4 is 4.74 Å². The number of ether oxygens (including phenoxy) is 1. The highest BCUT2D eigenvalue weighted by molar-refractivity contribution is 6.13. The van der Waals surface area contributed by atoms with Crippen molar-refractivity contribution in [3.05, 3.63) is 78.4 Å². The Bertz CT molecular complexity index is 1220. The van der Waals surface area contributed by atoms with Crippen LogP contribution in [0, 0.1) is 11.3 Å². The molecule has 4 aromatic rings. The van der Waals surface area contributed by atoms with Crippen molar-refractivity contribution in [1.29, 1.82) is 0 Å². The second-order valence-electron chi connectivity index (χ2n) is 9.81. The molecule has 0 aromatic heterocycles. The molecule has 0 saturated heterocycles. The fourth-order valence-corrected chi connectivity index (χ4v) is 5.94. The Morgan fingerprint density at radius 3 is 2.14 bits per heavy atom. The summed E-state index contributed by atoms with van der Waals surface area (Å²) in [6, 6.07) is 26.6. The highest BCUT2D eigenvalue weighted by Gasteiger charge is 2.65. The van der Waals surface area contributed by atoms with E-state index in [0.717, 1.165) is 12.4 Å². The number of benzene rings is 4.